The summed E-state index contributed by atoms with van der Waals surface area (Å²) >= 11 is 0. The number of rotatable bonds is 5. The van der Waals surface area contributed by atoms with Crippen molar-refractivity contribution in [3.63, 3.8) is 0 Å². The second-order valence-electron chi connectivity index (χ2n) is 10.8. The molecule has 0 radical (unpaired) electrons. The van der Waals surface area contributed by atoms with E-state index in [0.29, 0.717) is 18.8 Å². The van der Waals surface area contributed by atoms with Crippen LogP contribution in [0.2, 0.25) is 17.6 Å². The van der Waals surface area contributed by atoms with Crippen molar-refractivity contribution in [1.82, 2.24) is 0 Å². The van der Waals surface area contributed by atoms with Gasteiger partial charge in [0.2, 0.25) is 0 Å². The Morgan fingerprint density at radius 3 is 1.94 bits per heavy atom. The van der Waals surface area contributed by atoms with Gasteiger partial charge in [-0.05, 0) is 79.4 Å². The monoisotopic (exact) mass is 480 g/mol. The first kappa shape index (κ1) is 24.8. The van der Waals surface area contributed by atoms with Gasteiger partial charge in [-0.1, -0.05) is 69.0 Å². The van der Waals surface area contributed by atoms with Crippen molar-refractivity contribution in [1.29, 1.82) is 0 Å². The van der Waals surface area contributed by atoms with Gasteiger partial charge in [0.1, 0.15) is 6.10 Å². The molecule has 2 nitrogen and oxygen atoms in total. The molecule has 6 heteroatoms. The lowest BCUT2D eigenvalue weighted by molar-refractivity contribution is -0.206. The normalized spacial score (nSPS) is 33.5. The van der Waals surface area contributed by atoms with Gasteiger partial charge in [0.15, 0.2) is 0 Å². The molecule has 0 aromatic heterocycles. The van der Waals surface area contributed by atoms with Gasteiger partial charge in [0.25, 0.3) is 0 Å². The molecule has 0 bridgehead atoms. The van der Waals surface area contributed by atoms with E-state index in [-0.39, 0.29) is 0 Å². The maximum absolute atomic E-state index is 12.4. The van der Waals surface area contributed by atoms with Crippen molar-refractivity contribution < 1.29 is 22.7 Å². The first-order valence-electron chi connectivity index (χ1n) is 13.2. The molecule has 0 spiro atoms. The van der Waals surface area contributed by atoms with Crippen LogP contribution in [0.5, 0.6) is 0 Å². The van der Waals surface area contributed by atoms with Crippen LogP contribution < -0.4 is 0 Å². The third-order valence-electron chi connectivity index (χ3n) is 9.01. The number of carbonyl (C=O) groups excluding carboxylic acids is 1. The largest absolute Gasteiger partial charge is 0.490 e. The highest BCUT2D eigenvalue weighted by atomic mass is 28.3. The number of ether oxygens (including phenoxy) is 1. The molecule has 1 heterocycles. The van der Waals surface area contributed by atoms with Crippen molar-refractivity contribution in [2.45, 2.75) is 113 Å². The van der Waals surface area contributed by atoms with E-state index in [1.54, 1.807) is 5.56 Å². The van der Waals surface area contributed by atoms with Crippen LogP contribution in [0.15, 0.2) is 24.3 Å². The Morgan fingerprint density at radius 2 is 1.42 bits per heavy atom. The van der Waals surface area contributed by atoms with Crippen LogP contribution in [0.25, 0.3) is 0 Å². The van der Waals surface area contributed by atoms with Crippen LogP contribution in [0.3, 0.4) is 0 Å². The van der Waals surface area contributed by atoms with Crippen LogP contribution in [0.1, 0.15) is 88.2 Å². The molecule has 0 unspecified atom stereocenters. The predicted octanol–water partition coefficient (Wildman–Crippen LogP) is 7.58. The zero-order valence-corrected chi connectivity index (χ0v) is 21.1. The molecule has 33 heavy (non-hydrogen) atoms. The summed E-state index contributed by atoms with van der Waals surface area (Å²) in [5.41, 5.74) is 3.96. The Balaban J connectivity index is 1.17. The van der Waals surface area contributed by atoms with Crippen LogP contribution >= 0.6 is 0 Å². The Labute approximate surface area is 198 Å². The molecule has 2 saturated carbocycles. The van der Waals surface area contributed by atoms with Gasteiger partial charge in [0.05, 0.1) is 0 Å². The molecule has 0 N–H and O–H groups in total. The molecule has 0 amide bonds. The summed E-state index contributed by atoms with van der Waals surface area (Å²) in [5.74, 6) is 0.0694. The van der Waals surface area contributed by atoms with Crippen molar-refractivity contribution in [3.05, 3.63) is 35.4 Å². The Hall–Kier alpha value is -1.30. The molecule has 1 aromatic carbocycles. The predicted molar refractivity (Wildman–Crippen MR) is 128 cm³/mol. The van der Waals surface area contributed by atoms with Crippen LogP contribution in [0.4, 0.5) is 13.2 Å². The van der Waals surface area contributed by atoms with E-state index < -0.39 is 27.0 Å². The maximum Gasteiger partial charge on any atom is 0.490 e. The number of hydrogen-bond acceptors (Lipinski definition) is 2. The van der Waals surface area contributed by atoms with Crippen molar-refractivity contribution in [2.24, 2.45) is 11.8 Å². The lowest BCUT2D eigenvalue weighted by Gasteiger charge is -2.41. The van der Waals surface area contributed by atoms with Crippen LogP contribution in [-0.4, -0.2) is 27.0 Å². The molecule has 3 fully saturated rings. The second-order valence-corrected chi connectivity index (χ2v) is 14.4. The van der Waals surface area contributed by atoms with Gasteiger partial charge in [-0.2, -0.15) is 13.2 Å². The number of carbonyl (C=O) groups is 1. The van der Waals surface area contributed by atoms with Gasteiger partial charge in [0, 0.05) is 8.80 Å². The Bertz CT molecular complexity index is 755. The minimum atomic E-state index is -4.88. The smallest absolute Gasteiger partial charge is 0.456 e. The summed E-state index contributed by atoms with van der Waals surface area (Å²) in [4.78, 5) is 11.1. The molecule has 1 saturated heterocycles. The fraction of sp³-hybridized carbons (Fsp3) is 0.741. The summed E-state index contributed by atoms with van der Waals surface area (Å²) in [6.45, 7) is 2.21. The van der Waals surface area contributed by atoms with E-state index in [1.165, 1.54) is 56.2 Å². The first-order chi connectivity index (χ1) is 15.8. The fourth-order valence-electron chi connectivity index (χ4n) is 6.93. The zero-order valence-electron chi connectivity index (χ0n) is 19.9. The van der Waals surface area contributed by atoms with E-state index in [0.717, 1.165) is 36.6 Å². The van der Waals surface area contributed by atoms with Gasteiger partial charge in [-0.15, -0.1) is 0 Å². The van der Waals surface area contributed by atoms with E-state index in [4.69, 9.17) is 0 Å². The number of benzene rings is 1. The highest BCUT2D eigenvalue weighted by Crippen LogP contribution is 2.46. The second kappa shape index (κ2) is 11.0. The summed E-state index contributed by atoms with van der Waals surface area (Å²) in [5, 5.41) is 0. The number of aryl methyl sites for hydroxylation is 1. The van der Waals surface area contributed by atoms with Gasteiger partial charge >= 0.3 is 12.1 Å². The highest BCUT2D eigenvalue weighted by molar-refractivity contribution is 6.60. The SMILES string of the molecule is CCc1ccc(C2CC[SiH](C3CCC(C4CCC(OC(=O)C(F)(F)F)CC4)CC3)CC2)cc1. The van der Waals surface area contributed by atoms with Crippen molar-refractivity contribution in [2.75, 3.05) is 0 Å². The lowest BCUT2D eigenvalue weighted by Crippen LogP contribution is -2.34. The summed E-state index contributed by atoms with van der Waals surface area (Å²) < 4.78 is 42.0. The van der Waals surface area contributed by atoms with Gasteiger partial charge in [-0.3, -0.25) is 0 Å². The van der Waals surface area contributed by atoms with Crippen molar-refractivity contribution in [3.8, 4) is 0 Å². The molecule has 184 valence electrons. The van der Waals surface area contributed by atoms with Gasteiger partial charge < -0.3 is 4.74 Å². The summed E-state index contributed by atoms with van der Waals surface area (Å²) in [6, 6.07) is 12.3. The average molecular weight is 481 g/mol. The van der Waals surface area contributed by atoms with Crippen molar-refractivity contribution >= 4 is 14.8 Å². The first-order valence-corrected chi connectivity index (χ1v) is 15.5. The number of esters is 1. The minimum Gasteiger partial charge on any atom is -0.456 e. The Morgan fingerprint density at radius 1 is 0.879 bits per heavy atom. The molecule has 1 aromatic rings. The molecule has 3 aliphatic rings. The molecular weight excluding hydrogens is 441 g/mol. The quantitative estimate of drug-likeness (QED) is 0.321. The van der Waals surface area contributed by atoms with E-state index in [9.17, 15) is 18.0 Å². The van der Waals surface area contributed by atoms with Gasteiger partial charge in [-0.25, -0.2) is 4.79 Å². The fourth-order valence-corrected chi connectivity index (χ4v) is 11.2. The minimum absolute atomic E-state index is 0.549. The molecule has 1 aliphatic heterocycles. The third kappa shape index (κ3) is 6.43. The maximum atomic E-state index is 12.4. The molecular formula is C27H39F3O2Si. The topological polar surface area (TPSA) is 26.3 Å². The van der Waals surface area contributed by atoms with E-state index in [2.05, 4.69) is 35.9 Å². The zero-order chi connectivity index (χ0) is 23.4. The number of alkyl halides is 3. The standard InChI is InChI=1S/C27H39F3O2Si/c1-2-19-3-5-20(6-4-19)23-15-17-33(18-16-23)25-13-9-22(10-14-25)21-7-11-24(12-8-21)32-26(31)27(28,29)30/h3-6,21-25,33H,2,7-18H2,1H3. The Kier molecular flexibility index (Phi) is 8.24. The third-order valence-corrected chi connectivity index (χ3v) is 13.2. The average Bonchev–Trinajstić information content (AvgIpc) is 2.84. The van der Waals surface area contributed by atoms with Crippen LogP contribution in [-0.2, 0) is 16.0 Å². The molecule has 4 rings (SSSR count). The van der Waals surface area contributed by atoms with E-state index in [1.807, 2.05) is 0 Å². The highest BCUT2D eigenvalue weighted by Gasteiger charge is 2.43. The lowest BCUT2D eigenvalue weighted by atomic mass is 9.73. The number of halogens is 3. The van der Waals surface area contributed by atoms with E-state index >= 15 is 0 Å². The van der Waals surface area contributed by atoms with Crippen LogP contribution in [0, 0.1) is 11.8 Å². The molecule has 0 atom stereocenters. The summed E-state index contributed by atoms with van der Waals surface area (Å²) in [7, 11) is -0.662. The summed E-state index contributed by atoms with van der Waals surface area (Å²) in [6.07, 6.45) is 6.78. The molecule has 2 aliphatic carbocycles. The number of hydrogen-bond donors (Lipinski definition) is 0.